The molecule has 7 rings (SSSR count). The maximum absolute atomic E-state index is 4.83. The van der Waals surface area contributed by atoms with Crippen LogP contribution >= 0.6 is 0 Å². The molecule has 0 fully saturated rings. The minimum absolute atomic E-state index is 0.655. The smallest absolute Gasteiger partial charge is 0.163 e. The number of hydrogen-bond acceptors (Lipinski definition) is 5. The lowest BCUT2D eigenvalue weighted by atomic mass is 10.0. The molecular formula is C34H23N5. The van der Waals surface area contributed by atoms with Crippen LogP contribution in [-0.4, -0.2) is 24.9 Å². The summed E-state index contributed by atoms with van der Waals surface area (Å²) in [6.07, 6.45) is 3.67. The first-order chi connectivity index (χ1) is 19.2. The lowest BCUT2D eigenvalue weighted by molar-refractivity contribution is 0.992. The summed E-state index contributed by atoms with van der Waals surface area (Å²) >= 11 is 0. The van der Waals surface area contributed by atoms with Crippen molar-refractivity contribution in [2.45, 2.75) is 6.92 Å². The number of rotatable bonds is 4. The summed E-state index contributed by atoms with van der Waals surface area (Å²) in [7, 11) is 0. The molecule has 0 bridgehead atoms. The van der Waals surface area contributed by atoms with Gasteiger partial charge in [-0.2, -0.15) is 0 Å². The first-order valence-corrected chi connectivity index (χ1v) is 12.8. The molecule has 0 aliphatic carbocycles. The Hall–Kier alpha value is -5.29. The van der Waals surface area contributed by atoms with Crippen molar-refractivity contribution in [3.05, 3.63) is 127 Å². The number of aryl methyl sites for hydroxylation is 1. The number of nitrogens with zero attached hydrogens (tertiary/aromatic N) is 5. The van der Waals surface area contributed by atoms with Gasteiger partial charge >= 0.3 is 0 Å². The van der Waals surface area contributed by atoms with Crippen LogP contribution in [0.5, 0.6) is 0 Å². The minimum atomic E-state index is 0.655. The summed E-state index contributed by atoms with van der Waals surface area (Å²) in [6.45, 7) is 1.90. The van der Waals surface area contributed by atoms with E-state index in [1.54, 1.807) is 0 Å². The van der Waals surface area contributed by atoms with Crippen LogP contribution in [0.1, 0.15) is 5.82 Å². The van der Waals surface area contributed by atoms with Crippen molar-refractivity contribution in [1.82, 2.24) is 24.9 Å². The fraction of sp³-hybridized carbons (Fsp3) is 0.0294. The Morgan fingerprint density at radius 2 is 0.821 bits per heavy atom. The number of hydrogen-bond donors (Lipinski definition) is 0. The highest BCUT2D eigenvalue weighted by Gasteiger charge is 2.11. The van der Waals surface area contributed by atoms with Gasteiger partial charge in [0, 0.05) is 45.4 Å². The molecule has 0 amide bonds. The summed E-state index contributed by atoms with van der Waals surface area (Å²) in [6, 6.07) is 37.3. The monoisotopic (exact) mass is 501 g/mol. The Bertz CT molecular complexity index is 1810. The highest BCUT2D eigenvalue weighted by Crippen LogP contribution is 2.31. The molecule has 0 aliphatic heterocycles. The topological polar surface area (TPSA) is 64.5 Å². The normalized spacial score (nSPS) is 11.2. The SMILES string of the molecule is Cc1nc(-c2ccc(-c3cccc4cccnc34)cc2)nc(-c2ccc(-c3cccc4cccnc34)cc2)n1. The minimum Gasteiger partial charge on any atom is -0.256 e. The van der Waals surface area contributed by atoms with Gasteiger partial charge in [0.2, 0.25) is 0 Å². The number of pyridine rings is 2. The summed E-state index contributed by atoms with van der Waals surface area (Å²) in [5, 5.41) is 2.25. The van der Waals surface area contributed by atoms with Crippen LogP contribution < -0.4 is 0 Å². The maximum atomic E-state index is 4.83. The zero-order valence-electron chi connectivity index (χ0n) is 21.3. The van der Waals surface area contributed by atoms with Crippen molar-refractivity contribution in [3.8, 4) is 45.0 Å². The first-order valence-electron chi connectivity index (χ1n) is 12.8. The van der Waals surface area contributed by atoms with Crippen molar-refractivity contribution in [2.24, 2.45) is 0 Å². The van der Waals surface area contributed by atoms with Gasteiger partial charge in [0.05, 0.1) is 11.0 Å². The molecule has 7 aromatic rings. The highest BCUT2D eigenvalue weighted by atomic mass is 15.0. The van der Waals surface area contributed by atoms with Gasteiger partial charge in [-0.15, -0.1) is 0 Å². The quantitative estimate of drug-likeness (QED) is 0.245. The highest BCUT2D eigenvalue weighted by molar-refractivity contribution is 5.94. The van der Waals surface area contributed by atoms with Crippen molar-refractivity contribution < 1.29 is 0 Å². The second-order valence-electron chi connectivity index (χ2n) is 9.45. The number of benzene rings is 4. The molecule has 3 heterocycles. The van der Waals surface area contributed by atoms with E-state index in [0.717, 1.165) is 55.2 Å². The predicted molar refractivity (Wildman–Crippen MR) is 157 cm³/mol. The summed E-state index contributed by atoms with van der Waals surface area (Å²) in [5.74, 6) is 1.99. The molecule has 0 atom stereocenters. The van der Waals surface area contributed by atoms with Crippen LogP contribution in [0.15, 0.2) is 122 Å². The van der Waals surface area contributed by atoms with Crippen molar-refractivity contribution in [1.29, 1.82) is 0 Å². The molecule has 0 unspecified atom stereocenters. The maximum Gasteiger partial charge on any atom is 0.163 e. The van der Waals surface area contributed by atoms with Gasteiger partial charge < -0.3 is 0 Å². The van der Waals surface area contributed by atoms with E-state index in [0.29, 0.717) is 17.5 Å². The van der Waals surface area contributed by atoms with Crippen LogP contribution in [0.3, 0.4) is 0 Å². The van der Waals surface area contributed by atoms with Crippen LogP contribution in [0.2, 0.25) is 0 Å². The van der Waals surface area contributed by atoms with Gasteiger partial charge in [0.25, 0.3) is 0 Å². The lowest BCUT2D eigenvalue weighted by Crippen LogP contribution is -1.99. The molecule has 0 N–H and O–H groups in total. The zero-order valence-corrected chi connectivity index (χ0v) is 21.3. The van der Waals surface area contributed by atoms with E-state index in [9.17, 15) is 0 Å². The molecule has 0 aliphatic rings. The average molecular weight is 502 g/mol. The second kappa shape index (κ2) is 9.54. The summed E-state index contributed by atoms with van der Waals surface area (Å²) in [4.78, 5) is 23.3. The molecule has 5 nitrogen and oxygen atoms in total. The lowest BCUT2D eigenvalue weighted by Gasteiger charge is -2.09. The van der Waals surface area contributed by atoms with Gasteiger partial charge in [-0.1, -0.05) is 97.1 Å². The third kappa shape index (κ3) is 4.30. The van der Waals surface area contributed by atoms with Gasteiger partial charge in [-0.05, 0) is 30.2 Å². The van der Waals surface area contributed by atoms with E-state index in [1.807, 2.05) is 31.5 Å². The molecule has 5 heteroatoms. The molecule has 0 saturated heterocycles. The Morgan fingerprint density at radius 3 is 1.28 bits per heavy atom. The molecule has 4 aromatic carbocycles. The molecule has 0 spiro atoms. The Labute approximate surface area is 225 Å². The zero-order chi connectivity index (χ0) is 26.2. The van der Waals surface area contributed by atoms with E-state index >= 15 is 0 Å². The number of fused-ring (bicyclic) bond motifs is 2. The van der Waals surface area contributed by atoms with Gasteiger partial charge in [-0.3, -0.25) is 9.97 Å². The third-order valence-corrected chi connectivity index (χ3v) is 6.92. The van der Waals surface area contributed by atoms with E-state index in [4.69, 9.17) is 4.98 Å². The van der Waals surface area contributed by atoms with Gasteiger partial charge in [0.15, 0.2) is 11.6 Å². The van der Waals surface area contributed by atoms with E-state index in [-0.39, 0.29) is 0 Å². The van der Waals surface area contributed by atoms with Crippen LogP contribution in [0, 0.1) is 6.92 Å². The third-order valence-electron chi connectivity index (χ3n) is 6.92. The Balaban J connectivity index is 1.21. The molecule has 0 saturated carbocycles. The van der Waals surface area contributed by atoms with Crippen molar-refractivity contribution in [3.63, 3.8) is 0 Å². The molecular weight excluding hydrogens is 478 g/mol. The van der Waals surface area contributed by atoms with Crippen LogP contribution in [0.25, 0.3) is 66.8 Å². The van der Waals surface area contributed by atoms with Gasteiger partial charge in [0.1, 0.15) is 5.82 Å². The first kappa shape index (κ1) is 22.9. The fourth-order valence-electron chi connectivity index (χ4n) is 5.01. The number of aromatic nitrogens is 5. The fourth-order valence-corrected chi connectivity index (χ4v) is 5.01. The predicted octanol–water partition coefficient (Wildman–Crippen LogP) is 7.94. The number of para-hydroxylation sites is 2. The molecule has 3 aromatic heterocycles. The average Bonchev–Trinajstić information content (AvgIpc) is 3.00. The molecule has 184 valence electrons. The second-order valence-corrected chi connectivity index (χ2v) is 9.45. The summed E-state index contributed by atoms with van der Waals surface area (Å²) < 4.78 is 0. The largest absolute Gasteiger partial charge is 0.256 e. The molecule has 0 radical (unpaired) electrons. The van der Waals surface area contributed by atoms with Gasteiger partial charge in [-0.25, -0.2) is 15.0 Å². The Morgan fingerprint density at radius 1 is 0.410 bits per heavy atom. The Kier molecular flexibility index (Phi) is 5.60. The standard InChI is InChI=1S/C34H23N5/c1-22-37-33(27-16-12-23(13-17-27)29-10-2-6-25-8-4-20-35-31(25)29)39-34(38-22)28-18-14-24(15-19-28)30-11-3-7-26-9-5-21-36-32(26)30/h2-21H,1H3. The van der Waals surface area contributed by atoms with E-state index in [1.165, 1.54) is 0 Å². The van der Waals surface area contributed by atoms with Crippen LogP contribution in [0.4, 0.5) is 0 Å². The van der Waals surface area contributed by atoms with Crippen molar-refractivity contribution >= 4 is 21.8 Å². The van der Waals surface area contributed by atoms with Crippen LogP contribution in [-0.2, 0) is 0 Å². The van der Waals surface area contributed by atoms with Crippen molar-refractivity contribution in [2.75, 3.05) is 0 Å². The van der Waals surface area contributed by atoms with E-state index in [2.05, 4.69) is 117 Å². The van der Waals surface area contributed by atoms with E-state index < -0.39 is 0 Å². The molecule has 39 heavy (non-hydrogen) atoms. The summed E-state index contributed by atoms with van der Waals surface area (Å²) in [5.41, 5.74) is 8.29.